The third-order valence-electron chi connectivity index (χ3n) is 5.98. The summed E-state index contributed by atoms with van der Waals surface area (Å²) in [6.07, 6.45) is -16.2. The number of amides is 1. The average molecular weight is 579 g/mol. The minimum Gasteiger partial charge on any atom is -0.497 e. The van der Waals surface area contributed by atoms with Crippen molar-refractivity contribution in [3.05, 3.63) is 88.0 Å². The summed E-state index contributed by atoms with van der Waals surface area (Å²) in [4.78, 5) is 13.3. The first-order valence-electron chi connectivity index (χ1n) is 11.4. The molecule has 0 aliphatic carbocycles. The number of carbonyl (C=O) groups is 1. The predicted octanol–water partition coefficient (Wildman–Crippen LogP) is 8.50. The Hall–Kier alpha value is -3.90. The van der Waals surface area contributed by atoms with Crippen LogP contribution < -0.4 is 4.74 Å². The topological polar surface area (TPSA) is 38.8 Å². The van der Waals surface area contributed by atoms with Crippen LogP contribution in [0, 0.1) is 6.92 Å². The van der Waals surface area contributed by atoms with Crippen molar-refractivity contribution in [3.63, 3.8) is 0 Å². The van der Waals surface area contributed by atoms with E-state index in [2.05, 4.69) is 4.74 Å². The van der Waals surface area contributed by atoms with E-state index in [1.807, 2.05) is 0 Å². The van der Waals surface area contributed by atoms with Crippen molar-refractivity contribution in [2.24, 2.45) is 0 Å². The summed E-state index contributed by atoms with van der Waals surface area (Å²) in [7, 11) is 2.30. The van der Waals surface area contributed by atoms with E-state index < -0.39 is 60.0 Å². The monoisotopic (exact) mass is 579 g/mol. The molecule has 3 aromatic rings. The Morgan fingerprint density at radius 1 is 0.700 bits per heavy atom. The first kappa shape index (κ1) is 30.6. The molecule has 0 spiro atoms. The molecule has 0 aromatic heterocycles. The highest BCUT2D eigenvalue weighted by atomic mass is 19.4. The van der Waals surface area contributed by atoms with Crippen LogP contribution in [0.1, 0.15) is 33.4 Å². The van der Waals surface area contributed by atoms with Gasteiger partial charge in [0.15, 0.2) is 0 Å². The number of benzene rings is 3. The Morgan fingerprint density at radius 3 is 1.77 bits per heavy atom. The summed E-state index contributed by atoms with van der Waals surface area (Å²) in [6.45, 7) is 0.211. The highest BCUT2D eigenvalue weighted by Crippen LogP contribution is 2.38. The van der Waals surface area contributed by atoms with Crippen LogP contribution in [0.2, 0.25) is 0 Å². The number of nitrogens with zero attached hydrogens (tertiary/aromatic N) is 1. The van der Waals surface area contributed by atoms with Crippen molar-refractivity contribution in [1.29, 1.82) is 0 Å². The SMILES string of the molecule is COC(=O)N(Cc1cc(C(F)(F)F)cc(C(F)(F)F)c1)Cc1cc(C(F)(F)F)ccc1-c1cc(OC)ccc1C. The smallest absolute Gasteiger partial charge is 0.416 e. The lowest BCUT2D eigenvalue weighted by atomic mass is 9.93. The number of methoxy groups -OCH3 is 2. The Labute approximate surface area is 222 Å². The predicted molar refractivity (Wildman–Crippen MR) is 126 cm³/mol. The van der Waals surface area contributed by atoms with Crippen LogP contribution in [-0.2, 0) is 36.4 Å². The molecule has 0 atom stereocenters. The van der Waals surface area contributed by atoms with Gasteiger partial charge in [0.05, 0.1) is 30.9 Å². The zero-order chi connectivity index (χ0) is 30.0. The zero-order valence-electron chi connectivity index (χ0n) is 21.2. The van der Waals surface area contributed by atoms with Gasteiger partial charge >= 0.3 is 24.6 Å². The number of alkyl halides is 9. The molecule has 4 nitrogen and oxygen atoms in total. The van der Waals surface area contributed by atoms with E-state index in [1.54, 1.807) is 25.1 Å². The average Bonchev–Trinajstić information content (AvgIpc) is 2.86. The van der Waals surface area contributed by atoms with Crippen molar-refractivity contribution in [2.45, 2.75) is 38.5 Å². The number of halogens is 9. The van der Waals surface area contributed by atoms with Gasteiger partial charge in [-0.15, -0.1) is 0 Å². The van der Waals surface area contributed by atoms with Gasteiger partial charge in [-0.2, -0.15) is 39.5 Å². The molecule has 0 bridgehead atoms. The highest BCUT2D eigenvalue weighted by molar-refractivity contribution is 5.74. The van der Waals surface area contributed by atoms with Gasteiger partial charge in [0.25, 0.3) is 0 Å². The summed E-state index contributed by atoms with van der Waals surface area (Å²) >= 11 is 0. The molecular formula is C27H22F9NO3. The highest BCUT2D eigenvalue weighted by Gasteiger charge is 2.37. The molecule has 0 aliphatic heterocycles. The van der Waals surface area contributed by atoms with E-state index in [-0.39, 0.29) is 17.2 Å². The Morgan fingerprint density at radius 2 is 1.27 bits per heavy atom. The molecule has 13 heteroatoms. The van der Waals surface area contributed by atoms with Gasteiger partial charge in [-0.25, -0.2) is 4.79 Å². The second-order valence-electron chi connectivity index (χ2n) is 8.79. The van der Waals surface area contributed by atoms with Crippen molar-refractivity contribution in [2.75, 3.05) is 14.2 Å². The third kappa shape index (κ3) is 7.19. The van der Waals surface area contributed by atoms with Crippen molar-refractivity contribution >= 4 is 6.09 Å². The normalized spacial score (nSPS) is 12.3. The maximum Gasteiger partial charge on any atom is 0.416 e. The number of ether oxygens (including phenoxy) is 2. The Balaban J connectivity index is 2.16. The van der Waals surface area contributed by atoms with Crippen LogP contribution in [-0.4, -0.2) is 25.2 Å². The molecule has 0 aliphatic rings. The fourth-order valence-corrected chi connectivity index (χ4v) is 4.03. The van der Waals surface area contributed by atoms with Crippen molar-refractivity contribution in [1.82, 2.24) is 4.90 Å². The van der Waals surface area contributed by atoms with Crippen molar-refractivity contribution < 1.29 is 53.8 Å². The van der Waals surface area contributed by atoms with Gasteiger partial charge in [-0.05, 0) is 77.2 Å². The van der Waals surface area contributed by atoms with Crippen LogP contribution in [0.3, 0.4) is 0 Å². The molecule has 0 saturated carbocycles. The molecule has 216 valence electrons. The van der Waals surface area contributed by atoms with Crippen LogP contribution >= 0.6 is 0 Å². The van der Waals surface area contributed by atoms with E-state index in [9.17, 15) is 44.3 Å². The van der Waals surface area contributed by atoms with Crippen LogP contribution in [0.5, 0.6) is 5.75 Å². The fraction of sp³-hybridized carbons (Fsp3) is 0.296. The maximum absolute atomic E-state index is 13.6. The molecule has 3 rings (SSSR count). The number of hydrogen-bond acceptors (Lipinski definition) is 3. The van der Waals surface area contributed by atoms with Gasteiger partial charge in [0.2, 0.25) is 0 Å². The van der Waals surface area contributed by atoms with Gasteiger partial charge in [0.1, 0.15) is 5.75 Å². The number of hydrogen-bond donors (Lipinski definition) is 0. The largest absolute Gasteiger partial charge is 0.497 e. The quantitative estimate of drug-likeness (QED) is 0.275. The molecule has 0 heterocycles. The molecule has 0 radical (unpaired) electrons. The Bertz CT molecular complexity index is 1350. The maximum atomic E-state index is 13.6. The third-order valence-corrected chi connectivity index (χ3v) is 5.98. The molecule has 40 heavy (non-hydrogen) atoms. The molecule has 1 amide bonds. The lowest BCUT2D eigenvalue weighted by molar-refractivity contribution is -0.143. The first-order chi connectivity index (χ1) is 18.4. The summed E-state index contributed by atoms with van der Waals surface area (Å²) in [6, 6.07) is 8.37. The number of carbonyl (C=O) groups excluding carboxylic acids is 1. The van der Waals surface area contributed by atoms with Crippen LogP contribution in [0.15, 0.2) is 54.6 Å². The van der Waals surface area contributed by atoms with Gasteiger partial charge in [0, 0.05) is 13.1 Å². The van der Waals surface area contributed by atoms with E-state index in [0.717, 1.165) is 19.2 Å². The molecule has 0 N–H and O–H groups in total. The number of rotatable bonds is 6. The molecule has 0 unspecified atom stereocenters. The van der Waals surface area contributed by atoms with Crippen LogP contribution in [0.25, 0.3) is 11.1 Å². The van der Waals surface area contributed by atoms with E-state index in [4.69, 9.17) is 4.74 Å². The van der Waals surface area contributed by atoms with Gasteiger partial charge in [-0.3, -0.25) is 4.90 Å². The second-order valence-corrected chi connectivity index (χ2v) is 8.79. The van der Waals surface area contributed by atoms with Crippen LogP contribution in [0.4, 0.5) is 44.3 Å². The molecular weight excluding hydrogens is 557 g/mol. The molecule has 0 fully saturated rings. The first-order valence-corrected chi connectivity index (χ1v) is 11.4. The standard InChI is InChI=1S/C27H22F9NO3/c1-15-4-6-21(39-2)12-23(15)22-7-5-18(25(28,29)30)10-17(22)14-37(24(38)40-3)13-16-8-19(26(31,32)33)11-20(9-16)27(34,35)36/h4-12H,13-14H2,1-3H3. The number of aryl methyl sites for hydroxylation is 1. The summed E-state index contributed by atoms with van der Waals surface area (Å²) in [5.41, 5.74) is -3.63. The summed E-state index contributed by atoms with van der Waals surface area (Å²) in [5, 5.41) is 0. The van der Waals surface area contributed by atoms with Crippen molar-refractivity contribution in [3.8, 4) is 16.9 Å². The van der Waals surface area contributed by atoms with E-state index >= 15 is 0 Å². The minimum absolute atomic E-state index is 0.0670. The lowest BCUT2D eigenvalue weighted by Gasteiger charge is -2.25. The summed E-state index contributed by atoms with van der Waals surface area (Å²) in [5.74, 6) is 0.375. The van der Waals surface area contributed by atoms with Gasteiger partial charge in [-0.1, -0.05) is 12.1 Å². The van der Waals surface area contributed by atoms with Gasteiger partial charge < -0.3 is 9.47 Å². The zero-order valence-corrected chi connectivity index (χ0v) is 21.2. The minimum atomic E-state index is -5.13. The summed E-state index contributed by atoms with van der Waals surface area (Å²) < 4.78 is 131. The van der Waals surface area contributed by atoms with E-state index in [0.29, 0.717) is 33.9 Å². The second kappa shape index (κ2) is 11.3. The van der Waals surface area contributed by atoms with E-state index in [1.165, 1.54) is 13.2 Å². The lowest BCUT2D eigenvalue weighted by Crippen LogP contribution is -2.30. The Kier molecular flexibility index (Phi) is 8.66. The molecule has 0 saturated heterocycles. The molecule has 3 aromatic carbocycles. The fourth-order valence-electron chi connectivity index (χ4n) is 4.03.